The Morgan fingerprint density at radius 1 is 1.60 bits per heavy atom. The van der Waals surface area contributed by atoms with Gasteiger partial charge in [0.15, 0.2) is 0 Å². The minimum Gasteiger partial charge on any atom is -0.392 e. The first-order chi connectivity index (χ1) is 6.92. The van der Waals surface area contributed by atoms with E-state index in [0.29, 0.717) is 12.3 Å². The van der Waals surface area contributed by atoms with E-state index in [1.165, 1.54) is 0 Å². The molecule has 0 spiro atoms. The lowest BCUT2D eigenvalue weighted by Gasteiger charge is -2.15. The Hall–Kier alpha value is -0.200. The maximum Gasteiger partial charge on any atom is 0.221 e. The SMILES string of the molecule is CCC1CC1NS(=O)(=O)C(CC)C(N)=S. The number of rotatable bonds is 6. The predicted octanol–water partition coefficient (Wildman–Crippen LogP) is 0.769. The van der Waals surface area contributed by atoms with Crippen molar-refractivity contribution in [3.63, 3.8) is 0 Å². The van der Waals surface area contributed by atoms with Crippen molar-refractivity contribution in [1.82, 2.24) is 4.72 Å². The van der Waals surface area contributed by atoms with Crippen molar-refractivity contribution < 1.29 is 8.42 Å². The van der Waals surface area contributed by atoms with Gasteiger partial charge >= 0.3 is 0 Å². The van der Waals surface area contributed by atoms with E-state index in [9.17, 15) is 8.42 Å². The molecular weight excluding hydrogens is 232 g/mol. The van der Waals surface area contributed by atoms with Crippen LogP contribution in [0.4, 0.5) is 0 Å². The Kier molecular flexibility index (Phi) is 4.08. The number of nitrogens with one attached hydrogen (secondary N) is 1. The summed E-state index contributed by atoms with van der Waals surface area (Å²) in [7, 11) is -3.37. The predicted molar refractivity (Wildman–Crippen MR) is 65.1 cm³/mol. The number of thiocarbonyl (C=S) groups is 1. The smallest absolute Gasteiger partial charge is 0.221 e. The fourth-order valence-corrected chi connectivity index (χ4v) is 3.88. The summed E-state index contributed by atoms with van der Waals surface area (Å²) in [6.07, 6.45) is 2.37. The summed E-state index contributed by atoms with van der Waals surface area (Å²) < 4.78 is 26.3. The van der Waals surface area contributed by atoms with Gasteiger partial charge < -0.3 is 5.73 Å². The minimum atomic E-state index is -3.37. The van der Waals surface area contributed by atoms with Crippen LogP contribution in [0.5, 0.6) is 0 Å². The van der Waals surface area contributed by atoms with Crippen molar-refractivity contribution in [2.45, 2.75) is 44.4 Å². The first kappa shape index (κ1) is 12.9. The second kappa shape index (κ2) is 4.76. The highest BCUT2D eigenvalue weighted by molar-refractivity contribution is 7.93. The van der Waals surface area contributed by atoms with Crippen LogP contribution < -0.4 is 10.5 Å². The molecule has 3 unspecified atom stereocenters. The Morgan fingerprint density at radius 2 is 2.20 bits per heavy atom. The van der Waals surface area contributed by atoms with Crippen molar-refractivity contribution in [3.05, 3.63) is 0 Å². The number of nitrogens with two attached hydrogens (primary N) is 1. The van der Waals surface area contributed by atoms with Gasteiger partial charge in [-0.25, -0.2) is 13.1 Å². The van der Waals surface area contributed by atoms with E-state index in [1.807, 2.05) is 0 Å². The van der Waals surface area contributed by atoms with Crippen LogP contribution in [-0.2, 0) is 10.0 Å². The molecule has 0 aromatic heterocycles. The standard InChI is InChI=1S/C9H18N2O2S2/c1-3-6-5-7(6)11-15(12,13)8(4-2)9(10)14/h6-8,11H,3-5H2,1-2H3,(H2,10,14). The van der Waals surface area contributed by atoms with Crippen molar-refractivity contribution in [2.24, 2.45) is 11.7 Å². The molecule has 0 aromatic carbocycles. The molecule has 15 heavy (non-hydrogen) atoms. The maximum absolute atomic E-state index is 11.8. The molecule has 6 heteroatoms. The summed E-state index contributed by atoms with van der Waals surface area (Å²) in [5.74, 6) is 0.489. The van der Waals surface area contributed by atoms with Crippen LogP contribution in [-0.4, -0.2) is 24.7 Å². The zero-order valence-electron chi connectivity index (χ0n) is 9.06. The van der Waals surface area contributed by atoms with E-state index >= 15 is 0 Å². The summed E-state index contributed by atoms with van der Waals surface area (Å²) in [4.78, 5) is 0.0544. The van der Waals surface area contributed by atoms with Crippen LogP contribution in [0.2, 0.25) is 0 Å². The molecule has 1 aliphatic carbocycles. The van der Waals surface area contributed by atoms with Gasteiger partial charge in [0.05, 0.1) is 4.99 Å². The molecule has 4 nitrogen and oxygen atoms in total. The lowest BCUT2D eigenvalue weighted by molar-refractivity contribution is 0.569. The molecule has 0 radical (unpaired) electrons. The second-order valence-corrected chi connectivity index (χ2v) is 6.34. The van der Waals surface area contributed by atoms with Crippen LogP contribution in [0.15, 0.2) is 0 Å². The van der Waals surface area contributed by atoms with Gasteiger partial charge in [-0.15, -0.1) is 0 Å². The highest BCUT2D eigenvalue weighted by Crippen LogP contribution is 2.34. The maximum atomic E-state index is 11.8. The fourth-order valence-electron chi connectivity index (χ4n) is 1.71. The molecule has 0 bridgehead atoms. The molecule has 1 rings (SSSR count). The molecule has 88 valence electrons. The number of sulfonamides is 1. The van der Waals surface area contributed by atoms with Gasteiger partial charge in [-0.1, -0.05) is 32.5 Å². The van der Waals surface area contributed by atoms with Crippen molar-refractivity contribution >= 4 is 27.2 Å². The number of hydrogen-bond acceptors (Lipinski definition) is 3. The lowest BCUT2D eigenvalue weighted by Crippen LogP contribution is -2.42. The van der Waals surface area contributed by atoms with E-state index in [0.717, 1.165) is 12.8 Å². The highest BCUT2D eigenvalue weighted by atomic mass is 32.2. The van der Waals surface area contributed by atoms with Crippen molar-refractivity contribution in [3.8, 4) is 0 Å². The lowest BCUT2D eigenvalue weighted by atomic mass is 10.3. The molecule has 0 heterocycles. The van der Waals surface area contributed by atoms with Gasteiger partial charge in [0.1, 0.15) is 5.25 Å². The van der Waals surface area contributed by atoms with Gasteiger partial charge in [0.2, 0.25) is 10.0 Å². The second-order valence-electron chi connectivity index (χ2n) is 3.97. The number of hydrogen-bond donors (Lipinski definition) is 2. The fraction of sp³-hybridized carbons (Fsp3) is 0.889. The zero-order chi connectivity index (χ0) is 11.6. The normalized spacial score (nSPS) is 27.3. The minimum absolute atomic E-state index is 0.0544. The molecule has 0 aromatic rings. The molecule has 0 aliphatic heterocycles. The summed E-state index contributed by atoms with van der Waals surface area (Å²) in [5, 5.41) is -0.731. The molecule has 1 aliphatic rings. The van der Waals surface area contributed by atoms with Crippen LogP contribution >= 0.6 is 12.2 Å². The Morgan fingerprint density at radius 3 is 2.53 bits per heavy atom. The van der Waals surface area contributed by atoms with E-state index in [1.54, 1.807) is 6.92 Å². The molecule has 1 fully saturated rings. The van der Waals surface area contributed by atoms with Gasteiger partial charge in [-0.05, 0) is 18.8 Å². The molecule has 1 saturated carbocycles. The Labute approximate surface area is 96.7 Å². The third kappa shape index (κ3) is 3.12. The van der Waals surface area contributed by atoms with Gasteiger partial charge in [0, 0.05) is 6.04 Å². The van der Waals surface area contributed by atoms with E-state index in [4.69, 9.17) is 18.0 Å². The summed E-state index contributed by atoms with van der Waals surface area (Å²) in [6.45, 7) is 3.83. The summed E-state index contributed by atoms with van der Waals surface area (Å²) in [5.41, 5.74) is 5.41. The van der Waals surface area contributed by atoms with E-state index in [2.05, 4.69) is 11.6 Å². The third-order valence-electron chi connectivity index (χ3n) is 2.83. The molecule has 0 saturated heterocycles. The average Bonchev–Trinajstić information content (AvgIpc) is 2.81. The van der Waals surface area contributed by atoms with Gasteiger partial charge in [0.25, 0.3) is 0 Å². The van der Waals surface area contributed by atoms with E-state index < -0.39 is 15.3 Å². The summed E-state index contributed by atoms with van der Waals surface area (Å²) in [6, 6.07) is 0.100. The van der Waals surface area contributed by atoms with Crippen LogP contribution in [0, 0.1) is 5.92 Å². The van der Waals surface area contributed by atoms with Crippen LogP contribution in [0.25, 0.3) is 0 Å². The zero-order valence-corrected chi connectivity index (χ0v) is 10.7. The summed E-state index contributed by atoms with van der Waals surface area (Å²) >= 11 is 4.75. The Balaban J connectivity index is 2.62. The average molecular weight is 250 g/mol. The van der Waals surface area contributed by atoms with Gasteiger partial charge in [-0.3, -0.25) is 0 Å². The topological polar surface area (TPSA) is 72.2 Å². The van der Waals surface area contributed by atoms with Crippen LogP contribution in [0.3, 0.4) is 0 Å². The quantitative estimate of drug-likeness (QED) is 0.683. The Bertz CT molecular complexity index is 340. The largest absolute Gasteiger partial charge is 0.392 e. The molecule has 3 N–H and O–H groups in total. The van der Waals surface area contributed by atoms with Gasteiger partial charge in [-0.2, -0.15) is 0 Å². The third-order valence-corrected chi connectivity index (χ3v) is 5.23. The highest BCUT2D eigenvalue weighted by Gasteiger charge is 2.40. The van der Waals surface area contributed by atoms with Crippen molar-refractivity contribution in [2.75, 3.05) is 0 Å². The first-order valence-corrected chi connectivity index (χ1v) is 7.18. The van der Waals surface area contributed by atoms with Crippen LogP contribution in [0.1, 0.15) is 33.1 Å². The molecular formula is C9H18N2O2S2. The molecule has 3 atom stereocenters. The first-order valence-electron chi connectivity index (χ1n) is 5.22. The monoisotopic (exact) mass is 250 g/mol. The van der Waals surface area contributed by atoms with Crippen molar-refractivity contribution in [1.29, 1.82) is 0 Å². The van der Waals surface area contributed by atoms with E-state index in [-0.39, 0.29) is 11.0 Å². The molecule has 0 amide bonds.